The van der Waals surface area contributed by atoms with Crippen LogP contribution in [0.25, 0.3) is 0 Å². The minimum absolute atomic E-state index is 0.0565. The van der Waals surface area contributed by atoms with E-state index in [2.05, 4.69) is 17.0 Å². The van der Waals surface area contributed by atoms with Crippen LogP contribution in [0.4, 0.5) is 5.69 Å². The van der Waals surface area contributed by atoms with Gasteiger partial charge in [0.25, 0.3) is 0 Å². The molecular weight excluding hydrogens is 367 g/mol. The third-order valence-electron chi connectivity index (χ3n) is 5.42. The van der Waals surface area contributed by atoms with E-state index in [9.17, 15) is 4.79 Å². The molecule has 0 saturated carbocycles. The fourth-order valence-electron chi connectivity index (χ4n) is 4.08. The maximum Gasteiger partial charge on any atom is 0.231 e. The van der Waals surface area contributed by atoms with Gasteiger partial charge in [0.05, 0.1) is 5.92 Å². The molecule has 1 unspecified atom stereocenters. The zero-order chi connectivity index (χ0) is 18.1. The highest BCUT2D eigenvalue weighted by atomic mass is 35.5. The largest absolute Gasteiger partial charge is 0.312 e. The average molecular weight is 389 g/mol. The number of amides is 1. The summed E-state index contributed by atoms with van der Waals surface area (Å²) in [5.74, 6) is 0.322. The molecule has 1 fully saturated rings. The number of likely N-dealkylation sites (tertiary alicyclic amines) is 1. The SMILES string of the molecule is O=C(C1CCCN(Cc2ccc(Cl)cc2Cl)C1)N1CCc2ccccc21. The molecule has 0 spiro atoms. The lowest BCUT2D eigenvalue weighted by Crippen LogP contribution is -2.44. The normalized spacial score (nSPS) is 20.2. The van der Waals surface area contributed by atoms with Crippen LogP contribution in [0.2, 0.25) is 10.0 Å². The number of anilines is 1. The molecule has 136 valence electrons. The third-order valence-corrected chi connectivity index (χ3v) is 6.00. The van der Waals surface area contributed by atoms with Gasteiger partial charge >= 0.3 is 0 Å². The Morgan fingerprint density at radius 2 is 1.96 bits per heavy atom. The van der Waals surface area contributed by atoms with Crippen molar-refractivity contribution >= 4 is 34.8 Å². The molecule has 0 aromatic heterocycles. The van der Waals surface area contributed by atoms with Crippen molar-refractivity contribution in [1.82, 2.24) is 4.90 Å². The van der Waals surface area contributed by atoms with Crippen LogP contribution in [-0.2, 0) is 17.8 Å². The molecule has 26 heavy (non-hydrogen) atoms. The van der Waals surface area contributed by atoms with E-state index in [1.807, 2.05) is 29.2 Å². The molecule has 1 saturated heterocycles. The number of para-hydroxylation sites is 1. The summed E-state index contributed by atoms with van der Waals surface area (Å²) >= 11 is 12.3. The topological polar surface area (TPSA) is 23.6 Å². The minimum atomic E-state index is 0.0565. The molecule has 2 aliphatic heterocycles. The molecule has 2 aliphatic rings. The highest BCUT2D eigenvalue weighted by Crippen LogP contribution is 2.31. The number of carbonyl (C=O) groups is 1. The lowest BCUT2D eigenvalue weighted by Gasteiger charge is -2.34. The average Bonchev–Trinajstić information content (AvgIpc) is 3.08. The summed E-state index contributed by atoms with van der Waals surface area (Å²) in [6.07, 6.45) is 2.96. The van der Waals surface area contributed by atoms with Gasteiger partial charge in [0.2, 0.25) is 5.91 Å². The van der Waals surface area contributed by atoms with E-state index in [0.717, 1.165) is 56.7 Å². The number of rotatable bonds is 3. The fourth-order valence-corrected chi connectivity index (χ4v) is 4.55. The quantitative estimate of drug-likeness (QED) is 0.753. The van der Waals surface area contributed by atoms with Crippen molar-refractivity contribution < 1.29 is 4.79 Å². The van der Waals surface area contributed by atoms with Gasteiger partial charge in [-0.2, -0.15) is 0 Å². The van der Waals surface area contributed by atoms with Gasteiger partial charge in [-0.05, 0) is 55.1 Å². The highest BCUT2D eigenvalue weighted by molar-refractivity contribution is 6.35. The molecule has 0 N–H and O–H groups in total. The first kappa shape index (κ1) is 17.8. The Bertz CT molecular complexity index is 823. The van der Waals surface area contributed by atoms with Crippen LogP contribution < -0.4 is 4.90 Å². The van der Waals surface area contributed by atoms with E-state index in [1.165, 1.54) is 5.56 Å². The molecule has 4 rings (SSSR count). The van der Waals surface area contributed by atoms with Crippen LogP contribution in [0, 0.1) is 5.92 Å². The van der Waals surface area contributed by atoms with Crippen molar-refractivity contribution in [3.05, 3.63) is 63.6 Å². The van der Waals surface area contributed by atoms with Gasteiger partial charge in [-0.3, -0.25) is 9.69 Å². The van der Waals surface area contributed by atoms with Crippen molar-refractivity contribution in [1.29, 1.82) is 0 Å². The van der Waals surface area contributed by atoms with Gasteiger partial charge in [-0.25, -0.2) is 0 Å². The smallest absolute Gasteiger partial charge is 0.231 e. The molecule has 5 heteroatoms. The second-order valence-electron chi connectivity index (χ2n) is 7.18. The molecule has 2 aromatic carbocycles. The van der Waals surface area contributed by atoms with Gasteiger partial charge in [0, 0.05) is 35.4 Å². The van der Waals surface area contributed by atoms with Crippen LogP contribution in [-0.4, -0.2) is 30.4 Å². The van der Waals surface area contributed by atoms with Gasteiger partial charge in [-0.1, -0.05) is 47.5 Å². The first-order valence-corrected chi connectivity index (χ1v) is 9.93. The molecule has 3 nitrogen and oxygen atoms in total. The molecule has 2 aromatic rings. The first-order valence-electron chi connectivity index (χ1n) is 9.17. The molecule has 2 heterocycles. The predicted molar refractivity (Wildman–Crippen MR) is 107 cm³/mol. The Kier molecular flexibility index (Phi) is 5.21. The number of halogens is 2. The number of carbonyl (C=O) groups excluding carboxylic acids is 1. The van der Waals surface area contributed by atoms with Gasteiger partial charge < -0.3 is 4.90 Å². The Morgan fingerprint density at radius 3 is 2.81 bits per heavy atom. The zero-order valence-corrected chi connectivity index (χ0v) is 16.1. The standard InChI is InChI=1S/C21H22Cl2N2O/c22-18-8-7-16(19(23)12-18)13-24-10-3-5-17(14-24)21(26)25-11-9-15-4-1-2-6-20(15)25/h1-2,4,6-8,12,17H,3,5,9-11,13-14H2. The van der Waals surface area contributed by atoms with Crippen molar-refractivity contribution in [2.45, 2.75) is 25.8 Å². The number of nitrogens with zero attached hydrogens (tertiary/aromatic N) is 2. The van der Waals surface area contributed by atoms with Crippen molar-refractivity contribution in [3.63, 3.8) is 0 Å². The summed E-state index contributed by atoms with van der Waals surface area (Å²) in [4.78, 5) is 17.4. The summed E-state index contributed by atoms with van der Waals surface area (Å²) in [5, 5.41) is 1.34. The number of hydrogen-bond acceptors (Lipinski definition) is 2. The first-order chi connectivity index (χ1) is 12.6. The number of fused-ring (bicyclic) bond motifs is 1. The summed E-state index contributed by atoms with van der Waals surface area (Å²) in [6, 6.07) is 13.9. The van der Waals surface area contributed by atoms with E-state index in [-0.39, 0.29) is 11.8 Å². The fraction of sp³-hybridized carbons (Fsp3) is 0.381. The second kappa shape index (κ2) is 7.59. The van der Waals surface area contributed by atoms with Gasteiger partial charge in [-0.15, -0.1) is 0 Å². The predicted octanol–water partition coefficient (Wildman–Crippen LogP) is 4.79. The number of benzene rings is 2. The van der Waals surface area contributed by atoms with Gasteiger partial charge in [0.15, 0.2) is 0 Å². The lowest BCUT2D eigenvalue weighted by atomic mass is 9.96. The maximum absolute atomic E-state index is 13.1. The van der Waals surface area contributed by atoms with Gasteiger partial charge in [0.1, 0.15) is 0 Å². The Balaban J connectivity index is 1.44. The van der Waals surface area contributed by atoms with E-state index < -0.39 is 0 Å². The highest BCUT2D eigenvalue weighted by Gasteiger charge is 2.32. The Labute approximate surface area is 164 Å². The number of piperidine rings is 1. The van der Waals surface area contributed by atoms with Crippen LogP contribution >= 0.6 is 23.2 Å². The van der Waals surface area contributed by atoms with E-state index >= 15 is 0 Å². The molecular formula is C21H22Cl2N2O. The molecule has 0 aliphatic carbocycles. The van der Waals surface area contributed by atoms with Crippen LogP contribution in [0.1, 0.15) is 24.0 Å². The molecule has 0 radical (unpaired) electrons. The van der Waals surface area contributed by atoms with Crippen molar-refractivity contribution in [3.8, 4) is 0 Å². The summed E-state index contributed by atoms with van der Waals surface area (Å²) in [5.41, 5.74) is 3.44. The lowest BCUT2D eigenvalue weighted by molar-refractivity contribution is -0.124. The van der Waals surface area contributed by atoms with E-state index in [1.54, 1.807) is 6.07 Å². The summed E-state index contributed by atoms with van der Waals surface area (Å²) < 4.78 is 0. The second-order valence-corrected chi connectivity index (χ2v) is 8.02. The molecule has 1 atom stereocenters. The van der Waals surface area contributed by atoms with Crippen LogP contribution in [0.5, 0.6) is 0 Å². The Morgan fingerprint density at radius 1 is 1.12 bits per heavy atom. The van der Waals surface area contributed by atoms with E-state index in [0.29, 0.717) is 10.0 Å². The summed E-state index contributed by atoms with van der Waals surface area (Å²) in [6.45, 7) is 3.35. The third kappa shape index (κ3) is 3.62. The molecule has 1 amide bonds. The van der Waals surface area contributed by atoms with Crippen molar-refractivity contribution in [2.24, 2.45) is 5.92 Å². The number of hydrogen-bond donors (Lipinski definition) is 0. The maximum atomic E-state index is 13.1. The van der Waals surface area contributed by atoms with Crippen LogP contribution in [0.3, 0.4) is 0 Å². The van der Waals surface area contributed by atoms with E-state index in [4.69, 9.17) is 23.2 Å². The zero-order valence-electron chi connectivity index (χ0n) is 14.6. The Hall–Kier alpha value is -1.55. The molecule has 0 bridgehead atoms. The monoisotopic (exact) mass is 388 g/mol. The summed E-state index contributed by atoms with van der Waals surface area (Å²) in [7, 11) is 0. The van der Waals surface area contributed by atoms with Crippen LogP contribution in [0.15, 0.2) is 42.5 Å². The minimum Gasteiger partial charge on any atom is -0.312 e. The van der Waals surface area contributed by atoms with Crippen molar-refractivity contribution in [2.75, 3.05) is 24.5 Å².